The van der Waals surface area contributed by atoms with Gasteiger partial charge in [-0.15, -0.1) is 6.58 Å². The molecule has 3 heteroatoms. The minimum Gasteiger partial charge on any atom is -0.444 e. The molecule has 0 aliphatic rings. The molecule has 3 nitrogen and oxygen atoms in total. The van der Waals surface area contributed by atoms with Gasteiger partial charge in [0.25, 0.3) is 0 Å². The number of benzene rings is 1. The van der Waals surface area contributed by atoms with Gasteiger partial charge in [-0.05, 0) is 32.8 Å². The van der Waals surface area contributed by atoms with Gasteiger partial charge in [0.15, 0.2) is 0 Å². The average Bonchev–Trinajstić information content (AvgIpc) is 2.27. The largest absolute Gasteiger partial charge is 0.444 e. The number of hydrogen-bond acceptors (Lipinski definition) is 2. The number of nitrogens with one attached hydrogen (secondary N) is 1. The topological polar surface area (TPSA) is 38.3 Å². The molecule has 0 fully saturated rings. The fourth-order valence-electron chi connectivity index (χ4n) is 1.58. The number of carbonyl (C=O) groups excluding carboxylic acids is 1. The van der Waals surface area contributed by atoms with Crippen LogP contribution in [0, 0.1) is 0 Å². The van der Waals surface area contributed by atoms with Crippen LogP contribution in [0.25, 0.3) is 0 Å². The van der Waals surface area contributed by atoms with Crippen LogP contribution in [0.1, 0.15) is 38.8 Å². The van der Waals surface area contributed by atoms with E-state index in [0.717, 1.165) is 5.56 Å². The fourth-order valence-corrected chi connectivity index (χ4v) is 1.58. The first-order chi connectivity index (χ1) is 8.42. The van der Waals surface area contributed by atoms with E-state index in [1.807, 2.05) is 51.1 Å². The number of hydrogen-bond donors (Lipinski definition) is 1. The molecule has 1 rings (SSSR count). The van der Waals surface area contributed by atoms with Gasteiger partial charge in [0.1, 0.15) is 5.60 Å². The van der Waals surface area contributed by atoms with Crippen LogP contribution in [0.15, 0.2) is 43.0 Å². The van der Waals surface area contributed by atoms with Gasteiger partial charge in [0.05, 0.1) is 6.04 Å². The smallest absolute Gasteiger partial charge is 0.408 e. The summed E-state index contributed by atoms with van der Waals surface area (Å²) < 4.78 is 5.25. The van der Waals surface area contributed by atoms with Gasteiger partial charge in [-0.1, -0.05) is 36.4 Å². The summed E-state index contributed by atoms with van der Waals surface area (Å²) in [5.41, 5.74) is 0.558. The second kappa shape index (κ2) is 6.24. The average molecular weight is 247 g/mol. The zero-order valence-electron chi connectivity index (χ0n) is 11.3. The summed E-state index contributed by atoms with van der Waals surface area (Å²) in [6, 6.07) is 9.70. The Kier molecular flexibility index (Phi) is 4.95. The van der Waals surface area contributed by atoms with Crippen LogP contribution in [0.5, 0.6) is 0 Å². The quantitative estimate of drug-likeness (QED) is 0.821. The molecule has 0 unspecified atom stereocenters. The second-order valence-electron chi connectivity index (χ2n) is 5.13. The third kappa shape index (κ3) is 5.04. The molecule has 1 amide bonds. The van der Waals surface area contributed by atoms with Gasteiger partial charge in [-0.3, -0.25) is 0 Å². The van der Waals surface area contributed by atoms with Crippen LogP contribution in [0.4, 0.5) is 4.79 Å². The Hall–Kier alpha value is -1.77. The van der Waals surface area contributed by atoms with Crippen molar-refractivity contribution in [1.82, 2.24) is 5.32 Å². The summed E-state index contributed by atoms with van der Waals surface area (Å²) in [5.74, 6) is 0. The summed E-state index contributed by atoms with van der Waals surface area (Å²) in [6.45, 7) is 9.25. The van der Waals surface area contributed by atoms with E-state index >= 15 is 0 Å². The lowest BCUT2D eigenvalue weighted by atomic mass is 10.0. The van der Waals surface area contributed by atoms with Crippen LogP contribution < -0.4 is 5.32 Å². The molecule has 0 saturated heterocycles. The van der Waals surface area contributed by atoms with Crippen molar-refractivity contribution >= 4 is 6.09 Å². The van der Waals surface area contributed by atoms with Crippen molar-refractivity contribution in [3.8, 4) is 0 Å². The van der Waals surface area contributed by atoms with E-state index < -0.39 is 11.7 Å². The molecule has 0 aliphatic carbocycles. The van der Waals surface area contributed by atoms with Gasteiger partial charge < -0.3 is 10.1 Å². The minimum atomic E-state index is -0.487. The molecule has 0 bridgehead atoms. The molecule has 98 valence electrons. The zero-order chi connectivity index (χ0) is 13.6. The molecule has 1 N–H and O–H groups in total. The van der Waals surface area contributed by atoms with Gasteiger partial charge in [-0.25, -0.2) is 4.79 Å². The van der Waals surface area contributed by atoms with E-state index in [4.69, 9.17) is 4.74 Å². The summed E-state index contributed by atoms with van der Waals surface area (Å²) in [4.78, 5) is 11.7. The van der Waals surface area contributed by atoms with Crippen molar-refractivity contribution in [2.24, 2.45) is 0 Å². The van der Waals surface area contributed by atoms with Crippen molar-refractivity contribution in [2.45, 2.75) is 38.8 Å². The SMILES string of the molecule is C=CC[C@@H](NC(=O)OC(C)(C)C)c1ccccc1. The van der Waals surface area contributed by atoms with Crippen LogP contribution in [-0.4, -0.2) is 11.7 Å². The molecule has 0 heterocycles. The molecule has 0 saturated carbocycles. The standard InChI is InChI=1S/C15H21NO2/c1-5-9-13(12-10-7-6-8-11-12)16-14(17)18-15(2,3)4/h5-8,10-11,13H,1,9H2,2-4H3,(H,16,17)/t13-/m1/s1. The van der Waals surface area contributed by atoms with Crippen molar-refractivity contribution in [3.05, 3.63) is 48.6 Å². The first kappa shape index (κ1) is 14.3. The Morgan fingerprint density at radius 3 is 2.50 bits per heavy atom. The van der Waals surface area contributed by atoms with Crippen molar-refractivity contribution < 1.29 is 9.53 Å². The van der Waals surface area contributed by atoms with E-state index in [0.29, 0.717) is 6.42 Å². The first-order valence-electron chi connectivity index (χ1n) is 6.08. The molecular weight excluding hydrogens is 226 g/mol. The summed E-state index contributed by atoms with van der Waals surface area (Å²) >= 11 is 0. The molecule has 0 spiro atoms. The van der Waals surface area contributed by atoms with Crippen LogP contribution in [-0.2, 0) is 4.74 Å². The lowest BCUT2D eigenvalue weighted by molar-refractivity contribution is 0.0504. The number of carbonyl (C=O) groups is 1. The highest BCUT2D eigenvalue weighted by atomic mass is 16.6. The zero-order valence-corrected chi connectivity index (χ0v) is 11.3. The number of amides is 1. The number of ether oxygens (including phenoxy) is 1. The van der Waals surface area contributed by atoms with Gasteiger partial charge >= 0.3 is 6.09 Å². The molecule has 1 atom stereocenters. The Morgan fingerprint density at radius 1 is 1.39 bits per heavy atom. The molecule has 0 aliphatic heterocycles. The number of alkyl carbamates (subject to hydrolysis) is 1. The second-order valence-corrected chi connectivity index (χ2v) is 5.13. The highest BCUT2D eigenvalue weighted by Gasteiger charge is 2.19. The fraction of sp³-hybridized carbons (Fsp3) is 0.400. The van der Waals surface area contributed by atoms with E-state index in [2.05, 4.69) is 11.9 Å². The summed E-state index contributed by atoms with van der Waals surface area (Å²) in [6.07, 6.45) is 2.05. The van der Waals surface area contributed by atoms with Crippen LogP contribution in [0.2, 0.25) is 0 Å². The Bertz CT molecular complexity index is 393. The Labute approximate surface area is 109 Å². The third-order valence-electron chi connectivity index (χ3n) is 2.30. The molecular formula is C15H21NO2. The molecule has 0 radical (unpaired) electrons. The monoisotopic (exact) mass is 247 g/mol. The predicted octanol–water partition coefficient (Wildman–Crippen LogP) is 3.83. The third-order valence-corrected chi connectivity index (χ3v) is 2.30. The molecule has 0 aromatic heterocycles. The molecule has 18 heavy (non-hydrogen) atoms. The molecule has 1 aromatic carbocycles. The van der Waals surface area contributed by atoms with Gasteiger partial charge in [0, 0.05) is 0 Å². The van der Waals surface area contributed by atoms with Gasteiger partial charge in [0.2, 0.25) is 0 Å². The Morgan fingerprint density at radius 2 is 2.00 bits per heavy atom. The highest BCUT2D eigenvalue weighted by Crippen LogP contribution is 2.17. The number of rotatable bonds is 4. The minimum absolute atomic E-state index is 0.0986. The lowest BCUT2D eigenvalue weighted by Gasteiger charge is -2.23. The summed E-state index contributed by atoms with van der Waals surface area (Å²) in [7, 11) is 0. The van der Waals surface area contributed by atoms with Crippen molar-refractivity contribution in [2.75, 3.05) is 0 Å². The van der Waals surface area contributed by atoms with E-state index in [1.54, 1.807) is 6.08 Å². The Balaban J connectivity index is 2.70. The van der Waals surface area contributed by atoms with Gasteiger partial charge in [-0.2, -0.15) is 0 Å². The van der Waals surface area contributed by atoms with Crippen molar-refractivity contribution in [1.29, 1.82) is 0 Å². The van der Waals surface area contributed by atoms with Crippen molar-refractivity contribution in [3.63, 3.8) is 0 Å². The molecule has 1 aromatic rings. The van der Waals surface area contributed by atoms with E-state index in [9.17, 15) is 4.79 Å². The lowest BCUT2D eigenvalue weighted by Crippen LogP contribution is -2.34. The van der Waals surface area contributed by atoms with E-state index in [-0.39, 0.29) is 6.04 Å². The summed E-state index contributed by atoms with van der Waals surface area (Å²) in [5, 5.41) is 2.86. The maximum Gasteiger partial charge on any atom is 0.408 e. The van der Waals surface area contributed by atoms with E-state index in [1.165, 1.54) is 0 Å². The van der Waals surface area contributed by atoms with Crippen LogP contribution in [0.3, 0.4) is 0 Å². The first-order valence-corrected chi connectivity index (χ1v) is 6.08. The normalized spacial score (nSPS) is 12.6. The maximum absolute atomic E-state index is 11.7. The maximum atomic E-state index is 11.7. The van der Waals surface area contributed by atoms with Crippen LogP contribution >= 0.6 is 0 Å². The predicted molar refractivity (Wildman–Crippen MR) is 73.4 cm³/mol. The highest BCUT2D eigenvalue weighted by molar-refractivity contribution is 5.68.